The molecule has 0 atom stereocenters. The number of carbonyl (C=O) groups is 1. The van der Waals surface area contributed by atoms with Crippen molar-refractivity contribution in [2.75, 3.05) is 19.7 Å². The number of esters is 1. The number of nitrogens with zero attached hydrogens (tertiary/aromatic N) is 1. The van der Waals surface area contributed by atoms with Crippen molar-refractivity contribution in [1.29, 1.82) is 0 Å². The second-order valence-electron chi connectivity index (χ2n) is 6.17. The Labute approximate surface area is 148 Å². The summed E-state index contributed by atoms with van der Waals surface area (Å²) in [5.74, 6) is -0.0476. The third-order valence-electron chi connectivity index (χ3n) is 4.39. The largest absolute Gasteiger partial charge is 0.508 e. The van der Waals surface area contributed by atoms with Gasteiger partial charge in [0.25, 0.3) is 0 Å². The first-order valence-electron chi connectivity index (χ1n) is 8.62. The van der Waals surface area contributed by atoms with Crippen LogP contribution in [0.2, 0.25) is 0 Å². The standard InChI is InChI=1S/C21H23NO3/c1-2-25-21(24)19-11-12-22(14-16-7-4-3-5-8-16)15-20(19)17-9-6-10-18(23)13-17/h3-10,13,23H,2,11-12,14-15H2,1H3. The number of hydrogen-bond donors (Lipinski definition) is 1. The van der Waals surface area contributed by atoms with Gasteiger partial charge >= 0.3 is 5.97 Å². The van der Waals surface area contributed by atoms with Crippen LogP contribution in [-0.2, 0) is 16.1 Å². The number of rotatable bonds is 5. The van der Waals surface area contributed by atoms with Gasteiger partial charge in [-0.1, -0.05) is 42.5 Å². The average Bonchev–Trinajstić information content (AvgIpc) is 2.63. The molecule has 4 heteroatoms. The fourth-order valence-electron chi connectivity index (χ4n) is 3.20. The van der Waals surface area contributed by atoms with E-state index in [4.69, 9.17) is 4.74 Å². The van der Waals surface area contributed by atoms with Crippen LogP contribution in [0.4, 0.5) is 0 Å². The van der Waals surface area contributed by atoms with E-state index in [9.17, 15) is 9.90 Å². The average molecular weight is 337 g/mol. The van der Waals surface area contributed by atoms with Crippen LogP contribution in [-0.4, -0.2) is 35.7 Å². The highest BCUT2D eigenvalue weighted by Gasteiger charge is 2.25. The number of carbonyl (C=O) groups excluding carboxylic acids is 1. The van der Waals surface area contributed by atoms with E-state index in [1.54, 1.807) is 18.2 Å². The number of benzene rings is 2. The van der Waals surface area contributed by atoms with Gasteiger partial charge in [0.05, 0.1) is 6.61 Å². The quantitative estimate of drug-likeness (QED) is 0.847. The molecule has 4 nitrogen and oxygen atoms in total. The highest BCUT2D eigenvalue weighted by Crippen LogP contribution is 2.30. The number of aromatic hydroxyl groups is 1. The maximum atomic E-state index is 12.4. The fraction of sp³-hybridized carbons (Fsp3) is 0.286. The van der Waals surface area contributed by atoms with Gasteiger partial charge in [0.15, 0.2) is 0 Å². The molecule has 2 aromatic carbocycles. The first kappa shape index (κ1) is 17.2. The lowest BCUT2D eigenvalue weighted by atomic mass is 9.93. The first-order chi connectivity index (χ1) is 12.2. The highest BCUT2D eigenvalue weighted by atomic mass is 16.5. The highest BCUT2D eigenvalue weighted by molar-refractivity contribution is 5.98. The van der Waals surface area contributed by atoms with Gasteiger partial charge in [-0.05, 0) is 42.2 Å². The fourth-order valence-corrected chi connectivity index (χ4v) is 3.20. The van der Waals surface area contributed by atoms with Crippen LogP contribution in [0.15, 0.2) is 60.2 Å². The zero-order valence-electron chi connectivity index (χ0n) is 14.4. The summed E-state index contributed by atoms with van der Waals surface area (Å²) in [4.78, 5) is 14.7. The molecule has 1 aliphatic rings. The topological polar surface area (TPSA) is 49.8 Å². The molecule has 1 aliphatic heterocycles. The van der Waals surface area contributed by atoms with E-state index in [-0.39, 0.29) is 11.7 Å². The Morgan fingerprint density at radius 2 is 1.96 bits per heavy atom. The third kappa shape index (κ3) is 4.28. The lowest BCUT2D eigenvalue weighted by Crippen LogP contribution is -2.33. The van der Waals surface area contributed by atoms with E-state index >= 15 is 0 Å². The summed E-state index contributed by atoms with van der Waals surface area (Å²) in [7, 11) is 0. The summed E-state index contributed by atoms with van der Waals surface area (Å²) in [6.07, 6.45) is 0.649. The van der Waals surface area contributed by atoms with Gasteiger partial charge in [0, 0.05) is 25.2 Å². The summed E-state index contributed by atoms with van der Waals surface area (Å²) in [5.41, 5.74) is 3.78. The van der Waals surface area contributed by atoms with E-state index in [1.807, 2.05) is 31.2 Å². The van der Waals surface area contributed by atoms with Crippen LogP contribution in [0.3, 0.4) is 0 Å². The van der Waals surface area contributed by atoms with Crippen molar-refractivity contribution in [1.82, 2.24) is 4.90 Å². The first-order valence-corrected chi connectivity index (χ1v) is 8.62. The normalized spacial score (nSPS) is 15.2. The van der Waals surface area contributed by atoms with Gasteiger partial charge in [-0.25, -0.2) is 4.79 Å². The molecule has 0 aliphatic carbocycles. The van der Waals surface area contributed by atoms with Crippen LogP contribution in [0.5, 0.6) is 5.75 Å². The van der Waals surface area contributed by atoms with E-state index in [1.165, 1.54) is 5.56 Å². The van der Waals surface area contributed by atoms with Crippen molar-refractivity contribution in [3.63, 3.8) is 0 Å². The van der Waals surface area contributed by atoms with Crippen LogP contribution < -0.4 is 0 Å². The van der Waals surface area contributed by atoms with Crippen molar-refractivity contribution in [3.8, 4) is 5.75 Å². The molecule has 130 valence electrons. The molecule has 3 rings (SSSR count). The smallest absolute Gasteiger partial charge is 0.334 e. The van der Waals surface area contributed by atoms with Gasteiger partial charge in [0.2, 0.25) is 0 Å². The van der Waals surface area contributed by atoms with Crippen molar-refractivity contribution >= 4 is 11.5 Å². The molecule has 1 N–H and O–H groups in total. The maximum Gasteiger partial charge on any atom is 0.334 e. The van der Waals surface area contributed by atoms with Crippen molar-refractivity contribution in [2.45, 2.75) is 19.9 Å². The lowest BCUT2D eigenvalue weighted by Gasteiger charge is -2.30. The molecule has 0 bridgehead atoms. The van der Waals surface area contributed by atoms with Gasteiger partial charge in [-0.15, -0.1) is 0 Å². The molecule has 2 aromatic rings. The molecule has 1 heterocycles. The molecule has 0 amide bonds. The number of phenols is 1. The van der Waals surface area contributed by atoms with Gasteiger partial charge in [0.1, 0.15) is 5.75 Å². The van der Waals surface area contributed by atoms with Gasteiger partial charge in [-0.3, -0.25) is 4.90 Å². The van der Waals surface area contributed by atoms with Crippen molar-refractivity contribution in [2.24, 2.45) is 0 Å². The molecule has 0 radical (unpaired) electrons. The molecule has 0 saturated carbocycles. The van der Waals surface area contributed by atoms with Crippen LogP contribution >= 0.6 is 0 Å². The summed E-state index contributed by atoms with van der Waals surface area (Å²) in [6, 6.07) is 17.4. The van der Waals surface area contributed by atoms with E-state index in [0.717, 1.165) is 29.8 Å². The SMILES string of the molecule is CCOC(=O)C1=C(c2cccc(O)c2)CN(Cc2ccccc2)CC1. The second kappa shape index (κ2) is 7.99. The summed E-state index contributed by atoms with van der Waals surface area (Å²) in [6.45, 7) is 4.48. The Morgan fingerprint density at radius 1 is 1.16 bits per heavy atom. The van der Waals surface area contributed by atoms with Crippen LogP contribution in [0, 0.1) is 0 Å². The minimum Gasteiger partial charge on any atom is -0.508 e. The Morgan fingerprint density at radius 3 is 2.68 bits per heavy atom. The Kier molecular flexibility index (Phi) is 5.51. The summed E-state index contributed by atoms with van der Waals surface area (Å²) in [5, 5.41) is 9.82. The van der Waals surface area contributed by atoms with Gasteiger partial charge in [-0.2, -0.15) is 0 Å². The number of phenolic OH excluding ortho intramolecular Hbond substituents is 1. The molecular weight excluding hydrogens is 314 g/mol. The molecule has 0 unspecified atom stereocenters. The molecule has 0 aromatic heterocycles. The third-order valence-corrected chi connectivity index (χ3v) is 4.39. The van der Waals surface area contributed by atoms with Crippen LogP contribution in [0.1, 0.15) is 24.5 Å². The zero-order chi connectivity index (χ0) is 17.6. The monoisotopic (exact) mass is 337 g/mol. The molecular formula is C21H23NO3. The zero-order valence-corrected chi connectivity index (χ0v) is 14.4. The predicted molar refractivity (Wildman–Crippen MR) is 98.0 cm³/mol. The summed E-state index contributed by atoms with van der Waals surface area (Å²) >= 11 is 0. The van der Waals surface area contributed by atoms with E-state index < -0.39 is 0 Å². The molecule has 25 heavy (non-hydrogen) atoms. The second-order valence-corrected chi connectivity index (χ2v) is 6.17. The van der Waals surface area contributed by atoms with Crippen LogP contribution in [0.25, 0.3) is 5.57 Å². The van der Waals surface area contributed by atoms with Gasteiger partial charge < -0.3 is 9.84 Å². The Hall–Kier alpha value is -2.59. The molecule has 0 fully saturated rings. The minimum absolute atomic E-state index is 0.202. The summed E-state index contributed by atoms with van der Waals surface area (Å²) < 4.78 is 5.24. The minimum atomic E-state index is -0.250. The number of ether oxygens (including phenoxy) is 1. The predicted octanol–water partition coefficient (Wildman–Crippen LogP) is 3.61. The van der Waals surface area contributed by atoms with E-state index in [2.05, 4.69) is 17.0 Å². The van der Waals surface area contributed by atoms with Crippen molar-refractivity contribution in [3.05, 3.63) is 71.3 Å². The lowest BCUT2D eigenvalue weighted by molar-refractivity contribution is -0.138. The maximum absolute atomic E-state index is 12.4. The molecule has 0 saturated heterocycles. The van der Waals surface area contributed by atoms with Crippen molar-refractivity contribution < 1.29 is 14.6 Å². The Balaban J connectivity index is 1.89. The number of hydrogen-bond acceptors (Lipinski definition) is 4. The Bertz CT molecular complexity index is 768. The van der Waals surface area contributed by atoms with E-state index in [0.29, 0.717) is 19.6 Å². The molecule has 0 spiro atoms.